The number of fused-ring (bicyclic) bond motifs is 1. The van der Waals surface area contributed by atoms with Crippen LogP contribution in [-0.4, -0.2) is 53.3 Å². The summed E-state index contributed by atoms with van der Waals surface area (Å²) in [6.45, 7) is 2.62. The third-order valence-corrected chi connectivity index (χ3v) is 6.98. The topological polar surface area (TPSA) is 102 Å². The van der Waals surface area contributed by atoms with Crippen LogP contribution in [-0.2, 0) is 14.6 Å². The Morgan fingerprint density at radius 2 is 1.84 bits per heavy atom. The fraction of sp³-hybridized carbons (Fsp3) is 0.364. The smallest absolute Gasteiger partial charge is 0.275 e. The van der Waals surface area contributed by atoms with Crippen molar-refractivity contribution in [1.82, 2.24) is 19.7 Å². The molecular formula is C22H24N4O4S. The molecule has 0 aliphatic carbocycles. The van der Waals surface area contributed by atoms with E-state index in [0.717, 1.165) is 5.39 Å². The monoisotopic (exact) mass is 440 g/mol. The van der Waals surface area contributed by atoms with E-state index in [1.165, 1.54) is 10.9 Å². The van der Waals surface area contributed by atoms with Crippen LogP contribution in [0, 0.1) is 0 Å². The number of aromatic nitrogens is 3. The number of hydrogen-bond acceptors (Lipinski definition) is 6. The normalized spacial score (nSPS) is 16.4. The van der Waals surface area contributed by atoms with Gasteiger partial charge in [-0.3, -0.25) is 14.6 Å². The number of pyridine rings is 1. The Bertz CT molecular complexity index is 1290. The maximum absolute atomic E-state index is 13.1. The van der Waals surface area contributed by atoms with Crippen molar-refractivity contribution in [1.29, 1.82) is 0 Å². The first-order chi connectivity index (χ1) is 14.8. The average molecular weight is 441 g/mol. The van der Waals surface area contributed by atoms with Gasteiger partial charge in [-0.25, -0.2) is 13.1 Å². The van der Waals surface area contributed by atoms with Gasteiger partial charge in [0.1, 0.15) is 6.04 Å². The Morgan fingerprint density at radius 1 is 1.13 bits per heavy atom. The quantitative estimate of drug-likeness (QED) is 0.616. The SMILES string of the molecule is CC(C(=O)N1CCC(c2ncccc2S(C)(=O)=O)CC1)n1ncc2ccccc2c1=O. The molecule has 1 atom stereocenters. The minimum Gasteiger partial charge on any atom is -0.341 e. The molecule has 0 bridgehead atoms. The van der Waals surface area contributed by atoms with Crippen LogP contribution in [0.15, 0.2) is 58.5 Å². The van der Waals surface area contributed by atoms with Gasteiger partial charge in [-0.15, -0.1) is 0 Å². The summed E-state index contributed by atoms with van der Waals surface area (Å²) in [6, 6.07) is 9.63. The van der Waals surface area contributed by atoms with Crippen molar-refractivity contribution in [2.24, 2.45) is 0 Å². The Kier molecular flexibility index (Phi) is 5.62. The van der Waals surface area contributed by atoms with Gasteiger partial charge in [0.15, 0.2) is 9.84 Å². The number of nitrogens with zero attached hydrogens (tertiary/aromatic N) is 4. The summed E-state index contributed by atoms with van der Waals surface area (Å²) in [5.74, 6) is -0.209. The zero-order valence-corrected chi connectivity index (χ0v) is 18.2. The van der Waals surface area contributed by atoms with Crippen molar-refractivity contribution in [2.45, 2.75) is 36.6 Å². The second-order valence-electron chi connectivity index (χ2n) is 7.92. The highest BCUT2D eigenvalue weighted by molar-refractivity contribution is 7.90. The van der Waals surface area contributed by atoms with E-state index in [2.05, 4.69) is 10.1 Å². The summed E-state index contributed by atoms with van der Waals surface area (Å²) >= 11 is 0. The van der Waals surface area contributed by atoms with Crippen molar-refractivity contribution in [2.75, 3.05) is 19.3 Å². The molecule has 31 heavy (non-hydrogen) atoms. The first kappa shape index (κ1) is 21.2. The van der Waals surface area contributed by atoms with E-state index in [4.69, 9.17) is 0 Å². The summed E-state index contributed by atoms with van der Waals surface area (Å²) in [6.07, 6.45) is 5.60. The summed E-state index contributed by atoms with van der Waals surface area (Å²) in [5.41, 5.74) is 0.276. The van der Waals surface area contributed by atoms with Crippen LogP contribution < -0.4 is 5.56 Å². The Labute approximate surface area is 180 Å². The number of piperidine rings is 1. The third-order valence-electron chi connectivity index (χ3n) is 5.84. The van der Waals surface area contributed by atoms with Gasteiger partial charge in [0.05, 0.1) is 22.2 Å². The largest absolute Gasteiger partial charge is 0.341 e. The van der Waals surface area contributed by atoms with Crippen molar-refractivity contribution >= 4 is 26.5 Å². The molecule has 4 rings (SSSR count). The van der Waals surface area contributed by atoms with Crippen molar-refractivity contribution in [3.8, 4) is 0 Å². The second-order valence-corrected chi connectivity index (χ2v) is 9.90. The van der Waals surface area contributed by atoms with Gasteiger partial charge >= 0.3 is 0 Å². The lowest BCUT2D eigenvalue weighted by molar-refractivity contribution is -0.135. The minimum atomic E-state index is -3.37. The Balaban J connectivity index is 1.51. The van der Waals surface area contributed by atoms with Crippen LogP contribution in [0.1, 0.15) is 37.4 Å². The molecule has 1 unspecified atom stereocenters. The molecule has 9 heteroatoms. The number of carbonyl (C=O) groups excluding carboxylic acids is 1. The highest BCUT2D eigenvalue weighted by Crippen LogP contribution is 2.31. The molecule has 2 aromatic heterocycles. The molecule has 1 fully saturated rings. The molecular weight excluding hydrogens is 416 g/mol. The molecule has 0 N–H and O–H groups in total. The molecule has 3 heterocycles. The maximum Gasteiger partial charge on any atom is 0.275 e. The van der Waals surface area contributed by atoms with Gasteiger partial charge in [-0.05, 0) is 38.0 Å². The summed E-state index contributed by atoms with van der Waals surface area (Å²) in [5, 5.41) is 5.47. The van der Waals surface area contributed by atoms with E-state index < -0.39 is 15.9 Å². The maximum atomic E-state index is 13.1. The lowest BCUT2D eigenvalue weighted by Crippen LogP contribution is -2.43. The second kappa shape index (κ2) is 8.22. The first-order valence-electron chi connectivity index (χ1n) is 10.2. The zero-order chi connectivity index (χ0) is 22.2. The Morgan fingerprint density at radius 3 is 2.55 bits per heavy atom. The van der Waals surface area contributed by atoms with Gasteiger partial charge in [0, 0.05) is 36.8 Å². The minimum absolute atomic E-state index is 0.0354. The average Bonchev–Trinajstić information content (AvgIpc) is 2.78. The molecule has 0 radical (unpaired) electrons. The van der Waals surface area contributed by atoms with E-state index >= 15 is 0 Å². The van der Waals surface area contributed by atoms with Crippen LogP contribution in [0.4, 0.5) is 0 Å². The van der Waals surface area contributed by atoms with Gasteiger partial charge < -0.3 is 4.90 Å². The summed E-state index contributed by atoms with van der Waals surface area (Å²) in [7, 11) is -3.37. The fourth-order valence-corrected chi connectivity index (χ4v) is 5.07. The number of benzene rings is 1. The number of amides is 1. The van der Waals surface area contributed by atoms with Crippen LogP contribution in [0.2, 0.25) is 0 Å². The van der Waals surface area contributed by atoms with Gasteiger partial charge in [-0.2, -0.15) is 5.10 Å². The lowest BCUT2D eigenvalue weighted by Gasteiger charge is -2.33. The van der Waals surface area contributed by atoms with Crippen LogP contribution in [0.3, 0.4) is 0 Å². The molecule has 1 amide bonds. The van der Waals surface area contributed by atoms with Gasteiger partial charge in [0.25, 0.3) is 5.56 Å². The van der Waals surface area contributed by atoms with E-state index in [-0.39, 0.29) is 22.3 Å². The van der Waals surface area contributed by atoms with Crippen molar-refractivity contribution < 1.29 is 13.2 Å². The van der Waals surface area contributed by atoms with Gasteiger partial charge in [0.2, 0.25) is 5.91 Å². The van der Waals surface area contributed by atoms with E-state index in [1.807, 2.05) is 12.1 Å². The molecule has 162 valence electrons. The summed E-state index contributed by atoms with van der Waals surface area (Å²) in [4.78, 5) is 32.2. The Hall–Kier alpha value is -3.07. The summed E-state index contributed by atoms with van der Waals surface area (Å²) < 4.78 is 25.4. The number of hydrogen-bond donors (Lipinski definition) is 0. The number of likely N-dealkylation sites (tertiary alicyclic amines) is 1. The lowest BCUT2D eigenvalue weighted by atomic mass is 9.92. The van der Waals surface area contributed by atoms with E-state index in [9.17, 15) is 18.0 Å². The van der Waals surface area contributed by atoms with Crippen LogP contribution in [0.25, 0.3) is 10.8 Å². The zero-order valence-electron chi connectivity index (χ0n) is 17.4. The number of rotatable bonds is 4. The fourth-order valence-electron chi connectivity index (χ4n) is 4.15. The molecule has 0 spiro atoms. The molecule has 3 aromatic rings. The van der Waals surface area contributed by atoms with Gasteiger partial charge in [-0.1, -0.05) is 18.2 Å². The van der Waals surface area contributed by atoms with E-state index in [0.29, 0.717) is 37.0 Å². The highest BCUT2D eigenvalue weighted by Gasteiger charge is 2.31. The van der Waals surface area contributed by atoms with Crippen LogP contribution >= 0.6 is 0 Å². The molecule has 1 saturated heterocycles. The molecule has 1 aliphatic rings. The third kappa shape index (κ3) is 4.10. The van der Waals surface area contributed by atoms with Crippen molar-refractivity contribution in [3.63, 3.8) is 0 Å². The predicted molar refractivity (Wildman–Crippen MR) is 117 cm³/mol. The van der Waals surface area contributed by atoms with Crippen LogP contribution in [0.5, 0.6) is 0 Å². The molecule has 1 aliphatic heterocycles. The first-order valence-corrected chi connectivity index (χ1v) is 12.1. The standard InChI is InChI=1S/C22H24N4O4S/c1-15(26-22(28)18-7-4-3-6-17(18)14-24-26)21(27)25-12-9-16(10-13-25)20-19(31(2,29)30)8-5-11-23-20/h3-8,11,14-16H,9-10,12-13H2,1-2H3. The molecule has 0 saturated carbocycles. The highest BCUT2D eigenvalue weighted by atomic mass is 32.2. The molecule has 1 aromatic carbocycles. The number of carbonyl (C=O) groups is 1. The van der Waals surface area contributed by atoms with E-state index in [1.54, 1.807) is 48.5 Å². The number of sulfone groups is 1. The van der Waals surface area contributed by atoms with Crippen molar-refractivity contribution in [3.05, 3.63) is 64.8 Å². The molecule has 8 nitrogen and oxygen atoms in total. The predicted octanol–water partition coefficient (Wildman–Crippen LogP) is 2.16.